The highest BCUT2D eigenvalue weighted by Crippen LogP contribution is 2.23. The van der Waals surface area contributed by atoms with Gasteiger partial charge in [0, 0.05) is 17.5 Å². The van der Waals surface area contributed by atoms with Crippen molar-refractivity contribution in [3.05, 3.63) is 46.4 Å². The van der Waals surface area contributed by atoms with E-state index in [1.807, 2.05) is 0 Å². The summed E-state index contributed by atoms with van der Waals surface area (Å²) in [4.78, 5) is 4.89. The Balaban J connectivity index is 2.00. The van der Waals surface area contributed by atoms with Crippen LogP contribution in [-0.4, -0.2) is 16.7 Å². The van der Waals surface area contributed by atoms with Gasteiger partial charge in [-0.3, -0.25) is 4.98 Å². The summed E-state index contributed by atoms with van der Waals surface area (Å²) >= 11 is 1.46. The van der Waals surface area contributed by atoms with Gasteiger partial charge < -0.3 is 9.84 Å². The predicted molar refractivity (Wildman–Crippen MR) is 63.9 cm³/mol. The van der Waals surface area contributed by atoms with Crippen LogP contribution >= 0.6 is 11.3 Å². The Morgan fingerprint density at radius 1 is 1.28 bits per heavy atom. The fourth-order valence-electron chi connectivity index (χ4n) is 1.52. The maximum atomic E-state index is 12.0. The van der Waals surface area contributed by atoms with Crippen molar-refractivity contribution in [1.29, 1.82) is 0 Å². The normalized spacial score (nSPS) is 12.7. The molecule has 0 spiro atoms. The van der Waals surface area contributed by atoms with Gasteiger partial charge in [0.05, 0.1) is 11.6 Å². The van der Waals surface area contributed by atoms with E-state index in [1.54, 1.807) is 23.8 Å². The van der Waals surface area contributed by atoms with Crippen LogP contribution in [0.2, 0.25) is 0 Å². The lowest BCUT2D eigenvalue weighted by Crippen LogP contribution is -2.03. The van der Waals surface area contributed by atoms with Crippen molar-refractivity contribution in [1.82, 2.24) is 4.98 Å². The zero-order valence-corrected chi connectivity index (χ0v) is 10.1. The van der Waals surface area contributed by atoms with E-state index in [0.29, 0.717) is 12.0 Å². The highest BCUT2D eigenvalue weighted by Gasteiger charge is 2.10. The monoisotopic (exact) mass is 271 g/mol. The first-order chi connectivity index (χ1) is 8.65. The lowest BCUT2D eigenvalue weighted by molar-refractivity contribution is -0.0498. The molecule has 0 saturated heterocycles. The molecule has 2 aromatic rings. The molecule has 0 fully saturated rings. The summed E-state index contributed by atoms with van der Waals surface area (Å²) in [5.74, 6) is 0.0822. The van der Waals surface area contributed by atoms with Crippen molar-refractivity contribution < 1.29 is 18.6 Å². The standard InChI is InChI=1S/C12H11F2NO2S/c13-12(14)17-9-3-1-8(2-4-9)11(16)5-10-6-15-7-18-10/h1-4,6-7,11-12,16H,5H2. The third kappa shape index (κ3) is 3.48. The minimum Gasteiger partial charge on any atom is -0.435 e. The number of rotatable bonds is 5. The molecule has 3 nitrogen and oxygen atoms in total. The number of nitrogens with zero attached hydrogens (tertiary/aromatic N) is 1. The molecule has 1 aromatic heterocycles. The van der Waals surface area contributed by atoms with Crippen LogP contribution in [0.1, 0.15) is 16.5 Å². The van der Waals surface area contributed by atoms with E-state index in [2.05, 4.69) is 9.72 Å². The van der Waals surface area contributed by atoms with Crippen LogP contribution in [-0.2, 0) is 6.42 Å². The third-order valence-electron chi connectivity index (χ3n) is 2.37. The molecule has 2 rings (SSSR count). The second kappa shape index (κ2) is 5.88. The number of aliphatic hydroxyl groups is 1. The molecule has 0 bridgehead atoms. The van der Waals surface area contributed by atoms with Gasteiger partial charge in [-0.2, -0.15) is 8.78 Å². The van der Waals surface area contributed by atoms with E-state index in [0.717, 1.165) is 4.88 Å². The van der Waals surface area contributed by atoms with Crippen LogP contribution in [0, 0.1) is 0 Å². The van der Waals surface area contributed by atoms with Gasteiger partial charge in [-0.25, -0.2) is 0 Å². The molecular formula is C12H11F2NO2S. The zero-order chi connectivity index (χ0) is 13.0. The zero-order valence-electron chi connectivity index (χ0n) is 9.29. The number of halogens is 2. The number of alkyl halides is 2. The van der Waals surface area contributed by atoms with E-state index in [1.165, 1.54) is 23.5 Å². The van der Waals surface area contributed by atoms with E-state index < -0.39 is 12.7 Å². The summed E-state index contributed by atoms with van der Waals surface area (Å²) in [5.41, 5.74) is 2.35. The number of hydrogen-bond acceptors (Lipinski definition) is 4. The minimum atomic E-state index is -2.84. The smallest absolute Gasteiger partial charge is 0.387 e. The van der Waals surface area contributed by atoms with E-state index in [-0.39, 0.29) is 5.75 Å². The first kappa shape index (κ1) is 12.9. The van der Waals surface area contributed by atoms with Crippen molar-refractivity contribution >= 4 is 11.3 Å². The van der Waals surface area contributed by atoms with Gasteiger partial charge in [-0.1, -0.05) is 12.1 Å². The molecule has 1 N–H and O–H groups in total. The minimum absolute atomic E-state index is 0.0822. The molecule has 0 aliphatic heterocycles. The number of benzene rings is 1. The predicted octanol–water partition coefficient (Wildman–Crippen LogP) is 3.02. The third-order valence-corrected chi connectivity index (χ3v) is 3.17. The fraction of sp³-hybridized carbons (Fsp3) is 0.250. The molecule has 0 aliphatic carbocycles. The largest absolute Gasteiger partial charge is 0.435 e. The number of hydrogen-bond donors (Lipinski definition) is 1. The molecule has 1 atom stereocenters. The Hall–Kier alpha value is -1.53. The van der Waals surface area contributed by atoms with Crippen molar-refractivity contribution in [2.45, 2.75) is 19.1 Å². The van der Waals surface area contributed by atoms with Gasteiger partial charge in [-0.15, -0.1) is 11.3 Å². The molecule has 18 heavy (non-hydrogen) atoms. The lowest BCUT2D eigenvalue weighted by Gasteiger charge is -2.10. The van der Waals surface area contributed by atoms with Gasteiger partial charge in [0.1, 0.15) is 5.75 Å². The maximum absolute atomic E-state index is 12.0. The van der Waals surface area contributed by atoms with Crippen LogP contribution in [0.3, 0.4) is 0 Å². The summed E-state index contributed by atoms with van der Waals surface area (Å²) in [5, 5.41) is 9.96. The number of thiazole rings is 1. The summed E-state index contributed by atoms with van der Waals surface area (Å²) in [6.07, 6.45) is 1.48. The Labute approximate surface area is 107 Å². The fourth-order valence-corrected chi connectivity index (χ4v) is 2.16. The summed E-state index contributed by atoms with van der Waals surface area (Å²) in [6.45, 7) is -2.84. The Kier molecular flexibility index (Phi) is 4.22. The SMILES string of the molecule is OC(Cc1cncs1)c1ccc(OC(F)F)cc1. The summed E-state index contributed by atoms with van der Waals surface area (Å²) < 4.78 is 28.1. The average Bonchev–Trinajstić information content (AvgIpc) is 2.82. The highest BCUT2D eigenvalue weighted by molar-refractivity contribution is 7.09. The van der Waals surface area contributed by atoms with Crippen LogP contribution in [0.5, 0.6) is 5.75 Å². The van der Waals surface area contributed by atoms with Crippen molar-refractivity contribution in [2.75, 3.05) is 0 Å². The molecule has 6 heteroatoms. The second-order valence-corrected chi connectivity index (χ2v) is 4.61. The molecular weight excluding hydrogens is 260 g/mol. The van der Waals surface area contributed by atoms with Crippen LogP contribution < -0.4 is 4.74 Å². The lowest BCUT2D eigenvalue weighted by atomic mass is 10.1. The molecule has 1 unspecified atom stereocenters. The Morgan fingerprint density at radius 3 is 2.56 bits per heavy atom. The topological polar surface area (TPSA) is 42.4 Å². The molecule has 0 aliphatic rings. The van der Waals surface area contributed by atoms with E-state index >= 15 is 0 Å². The van der Waals surface area contributed by atoms with Gasteiger partial charge in [0.15, 0.2) is 0 Å². The Morgan fingerprint density at radius 2 is 2.00 bits per heavy atom. The molecule has 1 aromatic carbocycles. The van der Waals surface area contributed by atoms with Gasteiger partial charge in [0.25, 0.3) is 0 Å². The van der Waals surface area contributed by atoms with Crippen LogP contribution in [0.25, 0.3) is 0 Å². The van der Waals surface area contributed by atoms with Crippen molar-refractivity contribution in [2.24, 2.45) is 0 Å². The van der Waals surface area contributed by atoms with E-state index in [9.17, 15) is 13.9 Å². The van der Waals surface area contributed by atoms with Crippen LogP contribution in [0.4, 0.5) is 8.78 Å². The summed E-state index contributed by atoms with van der Waals surface area (Å²) in [7, 11) is 0. The molecule has 1 heterocycles. The summed E-state index contributed by atoms with van der Waals surface area (Å²) in [6, 6.07) is 5.97. The average molecular weight is 271 g/mol. The number of aromatic nitrogens is 1. The van der Waals surface area contributed by atoms with Crippen molar-refractivity contribution in [3.8, 4) is 5.75 Å². The van der Waals surface area contributed by atoms with Gasteiger partial charge in [0.2, 0.25) is 0 Å². The second-order valence-electron chi connectivity index (χ2n) is 3.64. The van der Waals surface area contributed by atoms with E-state index in [4.69, 9.17) is 0 Å². The Bertz CT molecular complexity index is 473. The maximum Gasteiger partial charge on any atom is 0.387 e. The first-order valence-corrected chi connectivity index (χ1v) is 6.13. The first-order valence-electron chi connectivity index (χ1n) is 5.25. The quantitative estimate of drug-likeness (QED) is 0.909. The highest BCUT2D eigenvalue weighted by atomic mass is 32.1. The van der Waals surface area contributed by atoms with Gasteiger partial charge >= 0.3 is 6.61 Å². The van der Waals surface area contributed by atoms with Crippen molar-refractivity contribution in [3.63, 3.8) is 0 Å². The molecule has 0 amide bonds. The number of ether oxygens (including phenoxy) is 1. The molecule has 96 valence electrons. The van der Waals surface area contributed by atoms with Crippen LogP contribution in [0.15, 0.2) is 36.0 Å². The van der Waals surface area contributed by atoms with Gasteiger partial charge in [-0.05, 0) is 17.7 Å². The molecule has 0 radical (unpaired) electrons. The number of aliphatic hydroxyl groups excluding tert-OH is 1. The molecule has 0 saturated carbocycles.